The second kappa shape index (κ2) is 6.74. The summed E-state index contributed by atoms with van der Waals surface area (Å²) >= 11 is 0. The summed E-state index contributed by atoms with van der Waals surface area (Å²) < 4.78 is 24.3. The van der Waals surface area contributed by atoms with E-state index in [9.17, 15) is 13.2 Å². The number of rotatable bonds is 6. The lowest BCUT2D eigenvalue weighted by molar-refractivity contribution is -0.120. The second-order valence-electron chi connectivity index (χ2n) is 5.14. The molecule has 1 atom stereocenters. The van der Waals surface area contributed by atoms with Gasteiger partial charge in [-0.3, -0.25) is 4.79 Å². The van der Waals surface area contributed by atoms with Crippen LogP contribution in [0, 0.1) is 0 Å². The third-order valence-electron chi connectivity index (χ3n) is 3.38. The molecule has 1 aromatic carbocycles. The van der Waals surface area contributed by atoms with Gasteiger partial charge in [0.05, 0.1) is 11.9 Å². The average molecular weight is 321 g/mol. The van der Waals surface area contributed by atoms with E-state index in [0.717, 1.165) is 17.5 Å². The quantitative estimate of drug-likeness (QED) is 0.859. The predicted molar refractivity (Wildman–Crippen MR) is 84.6 cm³/mol. The van der Waals surface area contributed by atoms with Crippen molar-refractivity contribution in [3.63, 3.8) is 0 Å². The molecule has 2 rings (SSSR count). The molecule has 22 heavy (non-hydrogen) atoms. The Hall–Kier alpha value is -2.15. The zero-order valence-electron chi connectivity index (χ0n) is 12.6. The van der Waals surface area contributed by atoms with Gasteiger partial charge in [0.15, 0.2) is 9.84 Å². The minimum Gasteiger partial charge on any atom is -0.355 e. The molecule has 1 heterocycles. The van der Waals surface area contributed by atoms with Crippen LogP contribution >= 0.6 is 0 Å². The SMILES string of the molecule is C[C@H](C(=O)NCCc1cnn(-c2ccccc2)c1)S(C)(=O)=O. The lowest BCUT2D eigenvalue weighted by atomic mass is 10.2. The van der Waals surface area contributed by atoms with Gasteiger partial charge in [-0.1, -0.05) is 18.2 Å². The summed E-state index contributed by atoms with van der Waals surface area (Å²) in [5.74, 6) is -0.474. The van der Waals surface area contributed by atoms with Crippen molar-refractivity contribution in [2.75, 3.05) is 12.8 Å². The Bertz CT molecular complexity index is 738. The summed E-state index contributed by atoms with van der Waals surface area (Å²) in [5.41, 5.74) is 1.93. The summed E-state index contributed by atoms with van der Waals surface area (Å²) in [6, 6.07) is 9.71. The van der Waals surface area contributed by atoms with Gasteiger partial charge in [0, 0.05) is 19.0 Å². The summed E-state index contributed by atoms with van der Waals surface area (Å²) in [7, 11) is -3.36. The lowest BCUT2D eigenvalue weighted by Crippen LogP contribution is -2.38. The van der Waals surface area contributed by atoms with Crippen molar-refractivity contribution in [1.82, 2.24) is 15.1 Å². The number of amides is 1. The molecule has 7 heteroatoms. The van der Waals surface area contributed by atoms with E-state index in [1.165, 1.54) is 6.92 Å². The maximum Gasteiger partial charge on any atom is 0.238 e. The molecule has 6 nitrogen and oxygen atoms in total. The molecule has 0 aliphatic carbocycles. The van der Waals surface area contributed by atoms with Gasteiger partial charge in [-0.25, -0.2) is 13.1 Å². The number of carbonyl (C=O) groups excluding carboxylic acids is 1. The van der Waals surface area contributed by atoms with E-state index in [1.807, 2.05) is 36.5 Å². The van der Waals surface area contributed by atoms with Crippen molar-refractivity contribution in [2.45, 2.75) is 18.6 Å². The van der Waals surface area contributed by atoms with E-state index in [1.54, 1.807) is 10.9 Å². The number of aromatic nitrogens is 2. The van der Waals surface area contributed by atoms with E-state index in [0.29, 0.717) is 13.0 Å². The molecule has 1 N–H and O–H groups in total. The van der Waals surface area contributed by atoms with Crippen LogP contribution in [0.3, 0.4) is 0 Å². The summed E-state index contributed by atoms with van der Waals surface area (Å²) in [4.78, 5) is 11.7. The third-order valence-corrected chi connectivity index (χ3v) is 4.88. The maximum atomic E-state index is 11.7. The Morgan fingerprint density at radius 2 is 2.00 bits per heavy atom. The highest BCUT2D eigenvalue weighted by Crippen LogP contribution is 2.07. The van der Waals surface area contributed by atoms with Crippen LogP contribution in [0.4, 0.5) is 0 Å². The van der Waals surface area contributed by atoms with Crippen LogP contribution in [0.5, 0.6) is 0 Å². The third kappa shape index (κ3) is 4.17. The standard InChI is InChI=1S/C15H19N3O3S/c1-12(22(2,20)21)15(19)16-9-8-13-10-17-18(11-13)14-6-4-3-5-7-14/h3-7,10-12H,8-9H2,1-2H3,(H,16,19)/t12-/m1/s1. The van der Waals surface area contributed by atoms with Gasteiger partial charge in [-0.05, 0) is 31.0 Å². The number of para-hydroxylation sites is 1. The highest BCUT2D eigenvalue weighted by Gasteiger charge is 2.22. The van der Waals surface area contributed by atoms with Crippen LogP contribution in [-0.2, 0) is 21.1 Å². The van der Waals surface area contributed by atoms with Gasteiger partial charge in [0.2, 0.25) is 5.91 Å². The molecular weight excluding hydrogens is 302 g/mol. The predicted octanol–water partition coefficient (Wildman–Crippen LogP) is 0.964. The summed E-state index contributed by atoms with van der Waals surface area (Å²) in [6.45, 7) is 1.76. The van der Waals surface area contributed by atoms with E-state index >= 15 is 0 Å². The molecule has 2 aromatic rings. The molecule has 0 unspecified atom stereocenters. The fourth-order valence-electron chi connectivity index (χ4n) is 1.88. The van der Waals surface area contributed by atoms with Crippen molar-refractivity contribution in [3.05, 3.63) is 48.3 Å². The Labute approximate surface area is 130 Å². The number of hydrogen-bond donors (Lipinski definition) is 1. The number of nitrogens with one attached hydrogen (secondary N) is 1. The normalized spacial score (nSPS) is 12.8. The van der Waals surface area contributed by atoms with Crippen molar-refractivity contribution in [3.8, 4) is 5.69 Å². The minimum atomic E-state index is -3.36. The topological polar surface area (TPSA) is 81.1 Å². The first-order valence-electron chi connectivity index (χ1n) is 6.93. The number of sulfone groups is 1. The van der Waals surface area contributed by atoms with E-state index < -0.39 is 21.0 Å². The van der Waals surface area contributed by atoms with E-state index in [-0.39, 0.29) is 0 Å². The Kier molecular flexibility index (Phi) is 4.97. The van der Waals surface area contributed by atoms with Gasteiger partial charge in [-0.2, -0.15) is 5.10 Å². The molecule has 0 radical (unpaired) electrons. The first-order valence-corrected chi connectivity index (χ1v) is 8.89. The number of hydrogen-bond acceptors (Lipinski definition) is 4. The van der Waals surface area contributed by atoms with Crippen LogP contribution in [0.2, 0.25) is 0 Å². The zero-order chi connectivity index (χ0) is 16.2. The van der Waals surface area contributed by atoms with Crippen LogP contribution in [0.15, 0.2) is 42.7 Å². The van der Waals surface area contributed by atoms with Crippen LogP contribution < -0.4 is 5.32 Å². The first kappa shape index (κ1) is 16.2. The lowest BCUT2D eigenvalue weighted by Gasteiger charge is -2.09. The summed E-state index contributed by atoms with van der Waals surface area (Å²) in [5, 5.41) is 5.87. The molecule has 118 valence electrons. The fourth-order valence-corrected chi connectivity index (χ4v) is 2.35. The molecule has 0 bridgehead atoms. The number of benzene rings is 1. The second-order valence-corrected chi connectivity index (χ2v) is 7.51. The average Bonchev–Trinajstić information content (AvgIpc) is 2.95. The van der Waals surface area contributed by atoms with Crippen LogP contribution in [0.1, 0.15) is 12.5 Å². The first-order chi connectivity index (χ1) is 10.4. The minimum absolute atomic E-state index is 0.374. The largest absolute Gasteiger partial charge is 0.355 e. The fraction of sp³-hybridized carbons (Fsp3) is 0.333. The molecule has 0 fully saturated rings. The van der Waals surface area contributed by atoms with Crippen molar-refractivity contribution >= 4 is 15.7 Å². The molecule has 0 saturated carbocycles. The highest BCUT2D eigenvalue weighted by molar-refractivity contribution is 7.92. The van der Waals surface area contributed by atoms with E-state index in [4.69, 9.17) is 0 Å². The highest BCUT2D eigenvalue weighted by atomic mass is 32.2. The maximum absolute atomic E-state index is 11.7. The number of nitrogens with zero attached hydrogens (tertiary/aromatic N) is 2. The molecule has 0 saturated heterocycles. The number of carbonyl (C=O) groups is 1. The van der Waals surface area contributed by atoms with E-state index in [2.05, 4.69) is 10.4 Å². The molecule has 0 spiro atoms. The van der Waals surface area contributed by atoms with Crippen molar-refractivity contribution < 1.29 is 13.2 Å². The summed E-state index contributed by atoms with van der Waals surface area (Å²) in [6.07, 6.45) is 5.27. The van der Waals surface area contributed by atoms with Crippen LogP contribution in [0.25, 0.3) is 5.69 Å². The Balaban J connectivity index is 1.89. The smallest absolute Gasteiger partial charge is 0.238 e. The van der Waals surface area contributed by atoms with Crippen molar-refractivity contribution in [1.29, 1.82) is 0 Å². The molecule has 0 aliphatic rings. The zero-order valence-corrected chi connectivity index (χ0v) is 13.4. The Morgan fingerprint density at radius 3 is 2.64 bits per heavy atom. The van der Waals surface area contributed by atoms with Gasteiger partial charge in [0.1, 0.15) is 5.25 Å². The van der Waals surface area contributed by atoms with Crippen LogP contribution in [-0.4, -0.2) is 42.2 Å². The monoisotopic (exact) mass is 321 g/mol. The van der Waals surface area contributed by atoms with Gasteiger partial charge in [0.25, 0.3) is 0 Å². The molecule has 1 aromatic heterocycles. The molecule has 0 aliphatic heterocycles. The van der Waals surface area contributed by atoms with Crippen molar-refractivity contribution in [2.24, 2.45) is 0 Å². The molecular formula is C15H19N3O3S. The van der Waals surface area contributed by atoms with Gasteiger partial charge in [-0.15, -0.1) is 0 Å². The van der Waals surface area contributed by atoms with Gasteiger partial charge < -0.3 is 5.32 Å². The van der Waals surface area contributed by atoms with Gasteiger partial charge >= 0.3 is 0 Å². The Morgan fingerprint density at radius 1 is 1.32 bits per heavy atom. The molecule has 1 amide bonds.